The molecular weight excluding hydrogens is 251 g/mol. The molecule has 2 amide bonds. The van der Waals surface area contributed by atoms with Gasteiger partial charge in [-0.2, -0.15) is 13.2 Å². The number of carbonyl (C=O) groups excluding carboxylic acids is 1. The SMILES string of the molecule is CCNC(=O)N1CCN(CC(O)C(F)(F)F)CC1. The van der Waals surface area contributed by atoms with Gasteiger partial charge >= 0.3 is 12.2 Å². The zero-order valence-corrected chi connectivity index (χ0v) is 10.2. The van der Waals surface area contributed by atoms with Gasteiger partial charge in [-0.3, -0.25) is 4.90 Å². The van der Waals surface area contributed by atoms with Gasteiger partial charge in [0, 0.05) is 39.3 Å². The summed E-state index contributed by atoms with van der Waals surface area (Å²) < 4.78 is 36.5. The van der Waals surface area contributed by atoms with E-state index in [0.717, 1.165) is 0 Å². The number of β-amino-alcohol motifs (C(OH)–C–C–N with tert-alkyl or cyclic N) is 1. The lowest BCUT2D eigenvalue weighted by molar-refractivity contribution is -0.208. The molecule has 0 aromatic carbocycles. The van der Waals surface area contributed by atoms with Gasteiger partial charge in [-0.1, -0.05) is 0 Å². The van der Waals surface area contributed by atoms with E-state index in [-0.39, 0.29) is 6.03 Å². The summed E-state index contributed by atoms with van der Waals surface area (Å²) >= 11 is 0. The quantitative estimate of drug-likeness (QED) is 0.772. The Morgan fingerprint density at radius 2 is 1.89 bits per heavy atom. The molecule has 106 valence electrons. The van der Waals surface area contributed by atoms with Crippen molar-refractivity contribution in [3.8, 4) is 0 Å². The van der Waals surface area contributed by atoms with Crippen molar-refractivity contribution in [1.82, 2.24) is 15.1 Å². The van der Waals surface area contributed by atoms with Crippen LogP contribution in [-0.2, 0) is 0 Å². The second-order valence-corrected chi connectivity index (χ2v) is 4.18. The Morgan fingerprint density at radius 3 is 2.33 bits per heavy atom. The normalized spacial score (nSPS) is 19.7. The van der Waals surface area contributed by atoms with Crippen molar-refractivity contribution >= 4 is 6.03 Å². The zero-order chi connectivity index (χ0) is 13.8. The molecule has 1 aliphatic heterocycles. The first-order chi connectivity index (χ1) is 8.34. The van der Waals surface area contributed by atoms with Crippen molar-refractivity contribution < 1.29 is 23.1 Å². The minimum absolute atomic E-state index is 0.200. The third kappa shape index (κ3) is 4.34. The van der Waals surface area contributed by atoms with Crippen LogP contribution in [0, 0.1) is 0 Å². The van der Waals surface area contributed by atoms with E-state index >= 15 is 0 Å². The minimum Gasteiger partial charge on any atom is -0.382 e. The minimum atomic E-state index is -4.59. The summed E-state index contributed by atoms with van der Waals surface area (Å²) in [5, 5.41) is 11.6. The van der Waals surface area contributed by atoms with Gasteiger partial charge in [-0.05, 0) is 6.92 Å². The number of aliphatic hydroxyl groups excluding tert-OH is 1. The van der Waals surface area contributed by atoms with E-state index in [9.17, 15) is 18.0 Å². The van der Waals surface area contributed by atoms with Crippen LogP contribution in [0.1, 0.15) is 6.92 Å². The molecule has 1 fully saturated rings. The maximum atomic E-state index is 12.2. The first kappa shape index (κ1) is 15.0. The second-order valence-electron chi connectivity index (χ2n) is 4.18. The second kappa shape index (κ2) is 6.24. The molecule has 0 saturated carbocycles. The molecule has 1 unspecified atom stereocenters. The van der Waals surface area contributed by atoms with Crippen LogP contribution in [0.15, 0.2) is 0 Å². The van der Waals surface area contributed by atoms with Crippen molar-refractivity contribution in [2.24, 2.45) is 0 Å². The van der Waals surface area contributed by atoms with Crippen LogP contribution in [0.5, 0.6) is 0 Å². The Bertz CT molecular complexity index is 278. The fourth-order valence-corrected chi connectivity index (χ4v) is 1.74. The molecule has 0 aliphatic carbocycles. The summed E-state index contributed by atoms with van der Waals surface area (Å²) in [5.41, 5.74) is 0. The maximum Gasteiger partial charge on any atom is 0.415 e. The predicted octanol–water partition coefficient (Wildman–Crippen LogP) is 0.257. The number of nitrogens with one attached hydrogen (secondary N) is 1. The highest BCUT2D eigenvalue weighted by Gasteiger charge is 2.39. The van der Waals surface area contributed by atoms with Crippen LogP contribution in [0.4, 0.5) is 18.0 Å². The lowest BCUT2D eigenvalue weighted by atomic mass is 10.2. The van der Waals surface area contributed by atoms with Gasteiger partial charge in [-0.25, -0.2) is 4.79 Å². The Labute approximate surface area is 104 Å². The maximum absolute atomic E-state index is 12.2. The van der Waals surface area contributed by atoms with E-state index in [2.05, 4.69) is 5.32 Å². The van der Waals surface area contributed by atoms with Crippen LogP contribution >= 0.6 is 0 Å². The molecule has 2 N–H and O–H groups in total. The van der Waals surface area contributed by atoms with Crippen LogP contribution < -0.4 is 5.32 Å². The first-order valence-electron chi connectivity index (χ1n) is 5.84. The average Bonchev–Trinajstić information content (AvgIpc) is 2.29. The molecule has 18 heavy (non-hydrogen) atoms. The fraction of sp³-hybridized carbons (Fsp3) is 0.900. The predicted molar refractivity (Wildman–Crippen MR) is 59.1 cm³/mol. The summed E-state index contributed by atoms with van der Waals surface area (Å²) in [6.07, 6.45) is -6.91. The summed E-state index contributed by atoms with van der Waals surface area (Å²) in [4.78, 5) is 14.5. The third-order valence-electron chi connectivity index (χ3n) is 2.80. The summed E-state index contributed by atoms with van der Waals surface area (Å²) in [6.45, 7) is 3.30. The average molecular weight is 269 g/mol. The number of hydrogen-bond donors (Lipinski definition) is 2. The molecule has 0 spiro atoms. The van der Waals surface area contributed by atoms with Crippen molar-refractivity contribution in [1.29, 1.82) is 0 Å². The summed E-state index contributed by atoms with van der Waals surface area (Å²) in [6, 6.07) is -0.200. The molecule has 1 aliphatic rings. The van der Waals surface area contributed by atoms with Gasteiger partial charge < -0.3 is 15.3 Å². The number of urea groups is 1. The molecule has 5 nitrogen and oxygen atoms in total. The third-order valence-corrected chi connectivity index (χ3v) is 2.80. The number of hydrogen-bond acceptors (Lipinski definition) is 3. The van der Waals surface area contributed by atoms with E-state index in [4.69, 9.17) is 5.11 Å². The molecule has 1 rings (SSSR count). The van der Waals surface area contributed by atoms with Gasteiger partial charge in [0.05, 0.1) is 0 Å². The molecule has 0 radical (unpaired) electrons. The molecular formula is C10H18F3N3O2. The largest absolute Gasteiger partial charge is 0.415 e. The zero-order valence-electron chi connectivity index (χ0n) is 10.2. The van der Waals surface area contributed by atoms with Gasteiger partial charge in [0.2, 0.25) is 0 Å². The highest BCUT2D eigenvalue weighted by Crippen LogP contribution is 2.21. The molecule has 0 aromatic heterocycles. The standard InChI is InChI=1S/C10H18F3N3O2/c1-2-14-9(18)16-5-3-15(4-6-16)7-8(17)10(11,12)13/h8,17H,2-7H2,1H3,(H,14,18). The molecule has 8 heteroatoms. The monoisotopic (exact) mass is 269 g/mol. The Hall–Kier alpha value is -1.02. The molecule has 0 bridgehead atoms. The number of piperazine rings is 1. The molecule has 1 atom stereocenters. The van der Waals surface area contributed by atoms with Crippen molar-refractivity contribution in [3.05, 3.63) is 0 Å². The van der Waals surface area contributed by atoms with E-state index < -0.39 is 18.8 Å². The lowest BCUT2D eigenvalue weighted by Gasteiger charge is -2.35. The van der Waals surface area contributed by atoms with E-state index in [1.54, 1.807) is 11.8 Å². The van der Waals surface area contributed by atoms with Crippen molar-refractivity contribution in [3.63, 3.8) is 0 Å². The lowest BCUT2D eigenvalue weighted by Crippen LogP contribution is -2.54. The van der Waals surface area contributed by atoms with Crippen molar-refractivity contribution in [2.45, 2.75) is 19.2 Å². The van der Waals surface area contributed by atoms with Gasteiger partial charge in [0.25, 0.3) is 0 Å². The van der Waals surface area contributed by atoms with E-state index in [1.807, 2.05) is 0 Å². The van der Waals surface area contributed by atoms with Crippen LogP contribution in [-0.4, -0.2) is 72.5 Å². The number of nitrogens with zero attached hydrogens (tertiary/aromatic N) is 2. The Morgan fingerprint density at radius 1 is 1.33 bits per heavy atom. The van der Waals surface area contributed by atoms with Crippen LogP contribution in [0.2, 0.25) is 0 Å². The summed E-state index contributed by atoms with van der Waals surface area (Å²) in [5.74, 6) is 0. The number of aliphatic hydroxyl groups is 1. The summed E-state index contributed by atoms with van der Waals surface area (Å²) in [7, 11) is 0. The van der Waals surface area contributed by atoms with E-state index in [0.29, 0.717) is 32.7 Å². The molecule has 0 aromatic rings. The molecule has 1 saturated heterocycles. The fourth-order valence-electron chi connectivity index (χ4n) is 1.74. The number of carbonyl (C=O) groups is 1. The smallest absolute Gasteiger partial charge is 0.382 e. The highest BCUT2D eigenvalue weighted by molar-refractivity contribution is 5.74. The van der Waals surface area contributed by atoms with E-state index in [1.165, 1.54) is 4.90 Å². The Kier molecular flexibility index (Phi) is 5.21. The van der Waals surface area contributed by atoms with Gasteiger partial charge in [0.1, 0.15) is 0 Å². The topological polar surface area (TPSA) is 55.8 Å². The van der Waals surface area contributed by atoms with Gasteiger partial charge in [0.15, 0.2) is 6.10 Å². The highest BCUT2D eigenvalue weighted by atomic mass is 19.4. The van der Waals surface area contributed by atoms with Crippen molar-refractivity contribution in [2.75, 3.05) is 39.3 Å². The number of alkyl halides is 3. The molecule has 1 heterocycles. The van der Waals surface area contributed by atoms with Gasteiger partial charge in [-0.15, -0.1) is 0 Å². The van der Waals surface area contributed by atoms with Crippen LogP contribution in [0.25, 0.3) is 0 Å². The number of halogens is 3. The first-order valence-corrected chi connectivity index (χ1v) is 5.84. The number of rotatable bonds is 3. The van der Waals surface area contributed by atoms with Crippen LogP contribution in [0.3, 0.4) is 0 Å². The number of amides is 2. The Balaban J connectivity index is 2.33.